The van der Waals surface area contributed by atoms with Crippen molar-refractivity contribution >= 4 is 0 Å². The average molecular weight is 231 g/mol. The third-order valence-corrected chi connectivity index (χ3v) is 3.26. The first-order chi connectivity index (χ1) is 8.22. The van der Waals surface area contributed by atoms with E-state index in [-0.39, 0.29) is 6.10 Å². The fourth-order valence-electron chi connectivity index (χ4n) is 2.02. The van der Waals surface area contributed by atoms with Gasteiger partial charge in [-0.2, -0.15) is 5.26 Å². The molecule has 1 fully saturated rings. The van der Waals surface area contributed by atoms with Crippen LogP contribution in [0.5, 0.6) is 5.88 Å². The molecule has 90 valence electrons. The molecule has 0 bridgehead atoms. The average Bonchev–Trinajstić information content (AvgIpc) is 2.32. The summed E-state index contributed by atoms with van der Waals surface area (Å²) < 4.78 is 5.87. The van der Waals surface area contributed by atoms with Gasteiger partial charge < -0.3 is 10.1 Å². The molecule has 0 amide bonds. The van der Waals surface area contributed by atoms with Crippen molar-refractivity contribution < 1.29 is 4.74 Å². The highest BCUT2D eigenvalue weighted by Crippen LogP contribution is 2.22. The Balaban J connectivity index is 2.18. The number of ether oxygens (including phenoxy) is 1. The van der Waals surface area contributed by atoms with E-state index in [0.29, 0.717) is 17.4 Å². The van der Waals surface area contributed by atoms with Gasteiger partial charge in [0.15, 0.2) is 0 Å². The van der Waals surface area contributed by atoms with Crippen molar-refractivity contribution in [3.63, 3.8) is 0 Å². The highest BCUT2D eigenvalue weighted by molar-refractivity contribution is 5.43. The molecule has 2 heterocycles. The Morgan fingerprint density at radius 3 is 3.12 bits per heavy atom. The van der Waals surface area contributed by atoms with E-state index in [0.717, 1.165) is 25.1 Å². The normalized spacial score (nSPS) is 24.1. The third-order valence-electron chi connectivity index (χ3n) is 3.26. The molecule has 0 radical (unpaired) electrons. The standard InChI is InChI=1S/C13H17N3O/c1-9-4-6-16-13(11(9)7-14)17-12-8-15-5-3-10(12)2/h4,6,10,12,15H,3,5,8H2,1-2H3. The second-order valence-corrected chi connectivity index (χ2v) is 4.55. The lowest BCUT2D eigenvalue weighted by Crippen LogP contribution is -2.43. The number of aryl methyl sites for hydroxylation is 1. The SMILES string of the molecule is Cc1ccnc(OC2CNCCC2C)c1C#N. The molecular weight excluding hydrogens is 214 g/mol. The largest absolute Gasteiger partial charge is 0.472 e. The lowest BCUT2D eigenvalue weighted by molar-refractivity contribution is 0.109. The number of rotatable bonds is 2. The molecule has 1 saturated heterocycles. The van der Waals surface area contributed by atoms with Gasteiger partial charge in [0.25, 0.3) is 0 Å². The van der Waals surface area contributed by atoms with Crippen molar-refractivity contribution in [1.29, 1.82) is 5.26 Å². The molecule has 0 aliphatic carbocycles. The van der Waals surface area contributed by atoms with Gasteiger partial charge >= 0.3 is 0 Å². The van der Waals surface area contributed by atoms with Crippen molar-refractivity contribution in [1.82, 2.24) is 10.3 Å². The number of hydrogen-bond donors (Lipinski definition) is 1. The van der Waals surface area contributed by atoms with E-state index in [1.54, 1.807) is 6.20 Å². The van der Waals surface area contributed by atoms with E-state index in [1.165, 1.54) is 0 Å². The molecule has 2 unspecified atom stereocenters. The summed E-state index contributed by atoms with van der Waals surface area (Å²) in [5, 5.41) is 12.4. The summed E-state index contributed by atoms with van der Waals surface area (Å²) in [5.74, 6) is 0.957. The minimum absolute atomic E-state index is 0.102. The molecule has 0 aromatic carbocycles. The van der Waals surface area contributed by atoms with E-state index >= 15 is 0 Å². The molecule has 4 nitrogen and oxygen atoms in total. The zero-order valence-corrected chi connectivity index (χ0v) is 10.2. The van der Waals surface area contributed by atoms with Crippen molar-refractivity contribution in [2.75, 3.05) is 13.1 Å². The van der Waals surface area contributed by atoms with Gasteiger partial charge in [0.1, 0.15) is 17.7 Å². The van der Waals surface area contributed by atoms with Gasteiger partial charge in [-0.1, -0.05) is 6.92 Å². The Labute approximate surface area is 102 Å². The van der Waals surface area contributed by atoms with Gasteiger partial charge in [-0.05, 0) is 37.4 Å². The van der Waals surface area contributed by atoms with Crippen LogP contribution < -0.4 is 10.1 Å². The number of hydrogen-bond acceptors (Lipinski definition) is 4. The van der Waals surface area contributed by atoms with Crippen LogP contribution in [0.15, 0.2) is 12.3 Å². The predicted molar refractivity (Wildman–Crippen MR) is 64.8 cm³/mol. The summed E-state index contributed by atoms with van der Waals surface area (Å²) >= 11 is 0. The Bertz CT molecular complexity index is 439. The van der Waals surface area contributed by atoms with E-state index in [1.807, 2.05) is 13.0 Å². The van der Waals surface area contributed by atoms with Crippen molar-refractivity contribution in [3.05, 3.63) is 23.4 Å². The van der Waals surface area contributed by atoms with Gasteiger partial charge in [-0.25, -0.2) is 4.98 Å². The van der Waals surface area contributed by atoms with Crippen molar-refractivity contribution in [2.24, 2.45) is 5.92 Å². The Morgan fingerprint density at radius 1 is 1.59 bits per heavy atom. The number of aromatic nitrogens is 1. The number of piperidine rings is 1. The molecule has 2 atom stereocenters. The minimum Gasteiger partial charge on any atom is -0.472 e. The van der Waals surface area contributed by atoms with Crippen molar-refractivity contribution in [3.8, 4) is 11.9 Å². The Hall–Kier alpha value is -1.60. The summed E-state index contributed by atoms with van der Waals surface area (Å²) in [6.07, 6.45) is 2.88. The fraction of sp³-hybridized carbons (Fsp3) is 0.538. The van der Waals surface area contributed by atoms with Crippen LogP contribution in [0.1, 0.15) is 24.5 Å². The van der Waals surface area contributed by atoms with Gasteiger partial charge in [0.2, 0.25) is 5.88 Å². The minimum atomic E-state index is 0.102. The van der Waals surface area contributed by atoms with Crippen LogP contribution in [0.25, 0.3) is 0 Å². The summed E-state index contributed by atoms with van der Waals surface area (Å²) in [5.41, 5.74) is 1.46. The van der Waals surface area contributed by atoms with Crippen LogP contribution in [-0.4, -0.2) is 24.2 Å². The summed E-state index contributed by atoms with van der Waals surface area (Å²) in [7, 11) is 0. The van der Waals surface area contributed by atoms with Gasteiger partial charge in [-0.3, -0.25) is 0 Å². The monoisotopic (exact) mass is 231 g/mol. The highest BCUT2D eigenvalue weighted by atomic mass is 16.5. The van der Waals surface area contributed by atoms with Crippen molar-refractivity contribution in [2.45, 2.75) is 26.4 Å². The molecule has 2 rings (SSSR count). The molecule has 1 aliphatic rings. The van der Waals surface area contributed by atoms with Crippen LogP contribution in [0.4, 0.5) is 0 Å². The first-order valence-electron chi connectivity index (χ1n) is 5.95. The lowest BCUT2D eigenvalue weighted by atomic mass is 9.97. The maximum absolute atomic E-state index is 9.11. The maximum atomic E-state index is 9.11. The van der Waals surface area contributed by atoms with Crippen LogP contribution in [0, 0.1) is 24.2 Å². The van der Waals surface area contributed by atoms with E-state index < -0.39 is 0 Å². The molecule has 17 heavy (non-hydrogen) atoms. The topological polar surface area (TPSA) is 57.9 Å². The third kappa shape index (κ3) is 2.56. The van der Waals surface area contributed by atoms with Gasteiger partial charge in [-0.15, -0.1) is 0 Å². The number of nitriles is 1. The fourth-order valence-corrected chi connectivity index (χ4v) is 2.02. The second-order valence-electron chi connectivity index (χ2n) is 4.55. The Morgan fingerprint density at radius 2 is 2.41 bits per heavy atom. The number of nitrogens with one attached hydrogen (secondary N) is 1. The number of pyridine rings is 1. The van der Waals surface area contributed by atoms with Crippen LogP contribution >= 0.6 is 0 Å². The quantitative estimate of drug-likeness (QED) is 0.840. The van der Waals surface area contributed by atoms with Crippen LogP contribution in [-0.2, 0) is 0 Å². The second kappa shape index (κ2) is 5.15. The molecule has 1 aliphatic heterocycles. The first-order valence-corrected chi connectivity index (χ1v) is 5.95. The molecule has 1 N–H and O–H groups in total. The molecule has 1 aromatic heterocycles. The summed E-state index contributed by atoms with van der Waals surface area (Å²) in [4.78, 5) is 4.17. The van der Waals surface area contributed by atoms with Crippen LogP contribution in [0.2, 0.25) is 0 Å². The smallest absolute Gasteiger partial charge is 0.232 e. The van der Waals surface area contributed by atoms with Gasteiger partial charge in [0, 0.05) is 12.7 Å². The molecule has 4 heteroatoms. The van der Waals surface area contributed by atoms with E-state index in [9.17, 15) is 0 Å². The number of nitrogens with zero attached hydrogens (tertiary/aromatic N) is 2. The first kappa shape index (κ1) is 11.9. The Kier molecular flexibility index (Phi) is 3.60. The van der Waals surface area contributed by atoms with Gasteiger partial charge in [0.05, 0.1) is 0 Å². The molecular formula is C13H17N3O. The van der Waals surface area contributed by atoms with E-state index in [4.69, 9.17) is 10.00 Å². The summed E-state index contributed by atoms with van der Waals surface area (Å²) in [6, 6.07) is 3.99. The zero-order chi connectivity index (χ0) is 12.3. The van der Waals surface area contributed by atoms with E-state index in [2.05, 4.69) is 23.3 Å². The zero-order valence-electron chi connectivity index (χ0n) is 10.2. The highest BCUT2D eigenvalue weighted by Gasteiger charge is 2.24. The summed E-state index contributed by atoms with van der Waals surface area (Å²) in [6.45, 7) is 5.93. The lowest BCUT2D eigenvalue weighted by Gasteiger charge is -2.29. The molecule has 1 aromatic rings. The molecule has 0 saturated carbocycles. The maximum Gasteiger partial charge on any atom is 0.232 e. The van der Waals surface area contributed by atoms with Crippen LogP contribution in [0.3, 0.4) is 0 Å². The molecule has 0 spiro atoms. The predicted octanol–water partition coefficient (Wildman–Crippen LogP) is 1.64.